The van der Waals surface area contributed by atoms with E-state index in [0.29, 0.717) is 24.0 Å². The van der Waals surface area contributed by atoms with Crippen molar-refractivity contribution in [3.05, 3.63) is 36.2 Å². The summed E-state index contributed by atoms with van der Waals surface area (Å²) in [5.74, 6) is 2.40. The minimum Gasteiger partial charge on any atom is -0.384 e. The zero-order valence-corrected chi connectivity index (χ0v) is 10.3. The lowest BCUT2D eigenvalue weighted by molar-refractivity contribution is 0.890. The SMILES string of the molecule is Cc1cc(NCc2nccc(N)n2)n2ncnc2n1. The van der Waals surface area contributed by atoms with E-state index in [9.17, 15) is 0 Å². The molecule has 0 amide bonds. The molecule has 8 nitrogen and oxygen atoms in total. The fraction of sp³-hybridized carbons (Fsp3) is 0.182. The molecule has 3 aromatic heterocycles. The van der Waals surface area contributed by atoms with Gasteiger partial charge in [0.2, 0.25) is 0 Å². The van der Waals surface area contributed by atoms with Crippen molar-refractivity contribution in [1.29, 1.82) is 0 Å². The van der Waals surface area contributed by atoms with Crippen molar-refractivity contribution >= 4 is 17.4 Å². The topological polar surface area (TPSA) is 107 Å². The number of rotatable bonds is 3. The Morgan fingerprint density at radius 2 is 2.21 bits per heavy atom. The van der Waals surface area contributed by atoms with Gasteiger partial charge in [0.1, 0.15) is 23.8 Å². The normalized spacial score (nSPS) is 10.8. The monoisotopic (exact) mass is 256 g/mol. The molecule has 3 heterocycles. The van der Waals surface area contributed by atoms with Gasteiger partial charge in [-0.05, 0) is 13.0 Å². The number of nitrogens with two attached hydrogens (primary N) is 1. The predicted octanol–water partition coefficient (Wildman–Crippen LogP) is 0.417. The highest BCUT2D eigenvalue weighted by Gasteiger charge is 2.06. The Morgan fingerprint density at radius 3 is 3.05 bits per heavy atom. The molecule has 19 heavy (non-hydrogen) atoms. The van der Waals surface area contributed by atoms with Crippen molar-refractivity contribution < 1.29 is 0 Å². The molecule has 0 saturated heterocycles. The molecule has 0 aliphatic rings. The molecule has 0 fully saturated rings. The lowest BCUT2D eigenvalue weighted by atomic mass is 10.4. The second kappa shape index (κ2) is 4.48. The zero-order chi connectivity index (χ0) is 13.2. The first-order valence-corrected chi connectivity index (χ1v) is 5.71. The third-order valence-electron chi connectivity index (χ3n) is 2.53. The zero-order valence-electron chi connectivity index (χ0n) is 10.3. The van der Waals surface area contributed by atoms with Crippen LogP contribution >= 0.6 is 0 Å². The Balaban J connectivity index is 1.87. The Hall–Kier alpha value is -2.77. The van der Waals surface area contributed by atoms with E-state index in [-0.39, 0.29) is 0 Å². The standard InChI is InChI=1S/C11H12N8/c1-7-4-10(19-11(17-7)15-6-16-19)14-5-9-13-3-2-8(12)18-9/h2-4,6,14H,5H2,1H3,(H2,12,13,18). The van der Waals surface area contributed by atoms with Gasteiger partial charge in [-0.25, -0.2) is 15.0 Å². The first-order chi connectivity index (χ1) is 9.22. The van der Waals surface area contributed by atoms with Gasteiger partial charge >= 0.3 is 0 Å². The second-order valence-electron chi connectivity index (χ2n) is 4.01. The Morgan fingerprint density at radius 1 is 1.32 bits per heavy atom. The lowest BCUT2D eigenvalue weighted by Crippen LogP contribution is -2.09. The van der Waals surface area contributed by atoms with Crippen molar-refractivity contribution in [2.75, 3.05) is 11.1 Å². The maximum absolute atomic E-state index is 5.61. The molecule has 0 unspecified atom stereocenters. The summed E-state index contributed by atoms with van der Waals surface area (Å²) < 4.78 is 1.62. The number of hydrogen-bond donors (Lipinski definition) is 2. The molecule has 0 aliphatic carbocycles. The van der Waals surface area contributed by atoms with Gasteiger partial charge in [0.15, 0.2) is 0 Å². The third kappa shape index (κ3) is 2.28. The molecule has 3 aromatic rings. The Kier molecular flexibility index (Phi) is 2.67. The van der Waals surface area contributed by atoms with Gasteiger partial charge in [0.25, 0.3) is 5.78 Å². The number of nitrogen functional groups attached to an aromatic ring is 1. The number of aryl methyl sites for hydroxylation is 1. The van der Waals surface area contributed by atoms with E-state index >= 15 is 0 Å². The van der Waals surface area contributed by atoms with Crippen LogP contribution in [0.3, 0.4) is 0 Å². The molecule has 0 aliphatic heterocycles. The summed E-state index contributed by atoms with van der Waals surface area (Å²) >= 11 is 0. The summed E-state index contributed by atoms with van der Waals surface area (Å²) in [6.07, 6.45) is 3.09. The van der Waals surface area contributed by atoms with E-state index in [1.54, 1.807) is 16.8 Å². The van der Waals surface area contributed by atoms with E-state index in [0.717, 1.165) is 11.5 Å². The van der Waals surface area contributed by atoms with Crippen molar-refractivity contribution in [3.8, 4) is 0 Å². The third-order valence-corrected chi connectivity index (χ3v) is 2.53. The number of fused-ring (bicyclic) bond motifs is 1. The van der Waals surface area contributed by atoms with Crippen LogP contribution in [0.25, 0.3) is 5.78 Å². The number of aromatic nitrogens is 6. The first kappa shape index (κ1) is 11.3. The summed E-state index contributed by atoms with van der Waals surface area (Å²) in [5, 5.41) is 7.30. The van der Waals surface area contributed by atoms with Crippen molar-refractivity contribution in [3.63, 3.8) is 0 Å². The molecule has 96 valence electrons. The summed E-state index contributed by atoms with van der Waals surface area (Å²) in [7, 11) is 0. The minimum absolute atomic E-state index is 0.448. The predicted molar refractivity (Wildman–Crippen MR) is 69.3 cm³/mol. The van der Waals surface area contributed by atoms with Gasteiger partial charge in [-0.2, -0.15) is 14.6 Å². The second-order valence-corrected chi connectivity index (χ2v) is 4.01. The number of nitrogens with zero attached hydrogens (tertiary/aromatic N) is 6. The maximum atomic E-state index is 5.61. The van der Waals surface area contributed by atoms with Crippen LogP contribution < -0.4 is 11.1 Å². The lowest BCUT2D eigenvalue weighted by Gasteiger charge is -2.07. The molecule has 3 N–H and O–H groups in total. The summed E-state index contributed by atoms with van der Waals surface area (Å²) in [4.78, 5) is 16.6. The molecule has 8 heteroatoms. The highest BCUT2D eigenvalue weighted by molar-refractivity contribution is 5.44. The molecule has 0 spiro atoms. The quantitative estimate of drug-likeness (QED) is 0.699. The highest BCUT2D eigenvalue weighted by Crippen LogP contribution is 2.10. The molecular formula is C11H12N8. The minimum atomic E-state index is 0.448. The summed E-state index contributed by atoms with van der Waals surface area (Å²) in [5.41, 5.74) is 6.47. The van der Waals surface area contributed by atoms with E-state index < -0.39 is 0 Å². The van der Waals surface area contributed by atoms with Gasteiger partial charge < -0.3 is 11.1 Å². The smallest absolute Gasteiger partial charge is 0.254 e. The average Bonchev–Trinajstić information content (AvgIpc) is 2.84. The molecule has 0 saturated carbocycles. The van der Waals surface area contributed by atoms with E-state index in [4.69, 9.17) is 5.73 Å². The van der Waals surface area contributed by atoms with Crippen LogP contribution in [0.5, 0.6) is 0 Å². The number of anilines is 2. The summed E-state index contributed by atoms with van der Waals surface area (Å²) in [6.45, 7) is 2.35. The molecule has 0 radical (unpaired) electrons. The van der Waals surface area contributed by atoms with Gasteiger partial charge in [-0.3, -0.25) is 0 Å². The van der Waals surface area contributed by atoms with Crippen LogP contribution in [-0.2, 0) is 6.54 Å². The van der Waals surface area contributed by atoms with Gasteiger partial charge in [0, 0.05) is 18.0 Å². The van der Waals surface area contributed by atoms with Crippen LogP contribution in [0.1, 0.15) is 11.5 Å². The maximum Gasteiger partial charge on any atom is 0.254 e. The molecule has 0 bridgehead atoms. The molecule has 0 aromatic carbocycles. The van der Waals surface area contributed by atoms with Crippen LogP contribution in [0.15, 0.2) is 24.7 Å². The van der Waals surface area contributed by atoms with Gasteiger partial charge in [0.05, 0.1) is 6.54 Å². The molecular weight excluding hydrogens is 244 g/mol. The average molecular weight is 256 g/mol. The van der Waals surface area contributed by atoms with Gasteiger partial charge in [-0.15, -0.1) is 0 Å². The van der Waals surface area contributed by atoms with Gasteiger partial charge in [-0.1, -0.05) is 0 Å². The van der Waals surface area contributed by atoms with Crippen LogP contribution in [0, 0.1) is 6.92 Å². The summed E-state index contributed by atoms with van der Waals surface area (Å²) in [6, 6.07) is 3.53. The largest absolute Gasteiger partial charge is 0.384 e. The molecule has 3 rings (SSSR count). The fourth-order valence-corrected chi connectivity index (χ4v) is 1.73. The van der Waals surface area contributed by atoms with Crippen LogP contribution in [0.4, 0.5) is 11.6 Å². The van der Waals surface area contributed by atoms with Crippen LogP contribution in [0.2, 0.25) is 0 Å². The van der Waals surface area contributed by atoms with E-state index in [2.05, 4.69) is 30.4 Å². The van der Waals surface area contributed by atoms with Crippen molar-refractivity contribution in [2.24, 2.45) is 0 Å². The molecule has 0 atom stereocenters. The Bertz CT molecular complexity index is 720. The van der Waals surface area contributed by atoms with Crippen molar-refractivity contribution in [1.82, 2.24) is 29.5 Å². The first-order valence-electron chi connectivity index (χ1n) is 5.71. The number of nitrogens with one attached hydrogen (secondary N) is 1. The van der Waals surface area contributed by atoms with Crippen molar-refractivity contribution in [2.45, 2.75) is 13.5 Å². The number of hydrogen-bond acceptors (Lipinski definition) is 7. The van der Waals surface area contributed by atoms with E-state index in [1.165, 1.54) is 6.33 Å². The van der Waals surface area contributed by atoms with Crippen LogP contribution in [-0.4, -0.2) is 29.5 Å². The van der Waals surface area contributed by atoms with E-state index in [1.807, 2.05) is 13.0 Å². The fourth-order valence-electron chi connectivity index (χ4n) is 1.73. The Labute approximate surface area is 108 Å². The highest BCUT2D eigenvalue weighted by atomic mass is 15.4.